The van der Waals surface area contributed by atoms with Crippen LogP contribution < -0.4 is 5.32 Å². The largest absolute Gasteiger partial charge is 0.383 e. The average molecular weight is 360 g/mol. The van der Waals surface area contributed by atoms with Crippen molar-refractivity contribution in [2.45, 2.75) is 15.8 Å². The number of halogens is 1. The zero-order chi connectivity index (χ0) is 13.5. The molecule has 1 aromatic heterocycles. The third-order valence-electron chi connectivity index (χ3n) is 2.35. The summed E-state index contributed by atoms with van der Waals surface area (Å²) >= 11 is 6.76. The van der Waals surface area contributed by atoms with Gasteiger partial charge in [0, 0.05) is 29.6 Å². The summed E-state index contributed by atoms with van der Waals surface area (Å²) in [6.45, 7) is 2.42. The Morgan fingerprint density at radius 2 is 2.37 bits per heavy atom. The van der Waals surface area contributed by atoms with Gasteiger partial charge < -0.3 is 10.1 Å². The number of hydrogen-bond acceptors (Lipinski definition) is 6. The highest BCUT2D eigenvalue weighted by atomic mass is 79.9. The zero-order valence-electron chi connectivity index (χ0n) is 10.4. The van der Waals surface area contributed by atoms with Crippen LogP contribution in [0, 0.1) is 0 Å². The van der Waals surface area contributed by atoms with E-state index in [1.807, 2.05) is 0 Å². The number of methoxy groups -OCH3 is 1. The van der Waals surface area contributed by atoms with Crippen molar-refractivity contribution in [3.63, 3.8) is 0 Å². The molecule has 7 heteroatoms. The molecular weight excluding hydrogens is 346 g/mol. The van der Waals surface area contributed by atoms with Gasteiger partial charge in [0.15, 0.2) is 4.34 Å². The molecule has 0 unspecified atom stereocenters. The zero-order valence-corrected chi connectivity index (χ0v) is 13.6. The second kappa shape index (κ2) is 7.96. The van der Waals surface area contributed by atoms with Gasteiger partial charge in [-0.3, -0.25) is 0 Å². The predicted octanol–water partition coefficient (Wildman–Crippen LogP) is 3.19. The molecule has 0 radical (unpaired) electrons. The van der Waals surface area contributed by atoms with Crippen LogP contribution in [-0.4, -0.2) is 30.5 Å². The van der Waals surface area contributed by atoms with Crippen LogP contribution in [0.2, 0.25) is 0 Å². The third kappa shape index (κ3) is 4.85. The fourth-order valence-corrected chi connectivity index (χ4v) is 3.55. The lowest BCUT2D eigenvalue weighted by Gasteiger charge is -2.07. The molecule has 19 heavy (non-hydrogen) atoms. The molecule has 0 saturated heterocycles. The Morgan fingerprint density at radius 1 is 1.47 bits per heavy atom. The summed E-state index contributed by atoms with van der Waals surface area (Å²) in [5.41, 5.74) is 2.98. The van der Waals surface area contributed by atoms with Crippen LogP contribution in [0.5, 0.6) is 0 Å². The van der Waals surface area contributed by atoms with Crippen LogP contribution in [-0.2, 0) is 11.3 Å². The average Bonchev–Trinajstić information content (AvgIpc) is 2.91. The number of nitrogens with one attached hydrogen (secondary N) is 1. The first-order chi connectivity index (χ1) is 9.29. The van der Waals surface area contributed by atoms with Crippen LogP contribution in [0.4, 0.5) is 0 Å². The minimum Gasteiger partial charge on any atom is -0.383 e. The Bertz CT molecular complexity index is 508. The van der Waals surface area contributed by atoms with Crippen molar-refractivity contribution in [1.29, 1.82) is 0 Å². The molecule has 0 saturated carbocycles. The second-order valence-corrected chi connectivity index (χ2v) is 6.72. The van der Waals surface area contributed by atoms with E-state index in [1.165, 1.54) is 5.56 Å². The lowest BCUT2D eigenvalue weighted by atomic mass is 10.2. The molecule has 2 aromatic rings. The molecule has 1 N–H and O–H groups in total. The molecule has 0 amide bonds. The Kier molecular flexibility index (Phi) is 6.25. The predicted molar refractivity (Wildman–Crippen MR) is 81.8 cm³/mol. The number of rotatable bonds is 7. The van der Waals surface area contributed by atoms with Crippen molar-refractivity contribution in [2.75, 3.05) is 20.3 Å². The van der Waals surface area contributed by atoms with Gasteiger partial charge in [0.05, 0.1) is 6.61 Å². The third-order valence-corrected chi connectivity index (χ3v) is 5.12. The summed E-state index contributed by atoms with van der Waals surface area (Å²) in [6, 6.07) is 6.35. The van der Waals surface area contributed by atoms with Crippen LogP contribution in [0.3, 0.4) is 0 Å². The first-order valence-electron chi connectivity index (χ1n) is 5.71. The van der Waals surface area contributed by atoms with Crippen LogP contribution in [0.25, 0.3) is 0 Å². The fourth-order valence-electron chi connectivity index (χ4n) is 1.45. The van der Waals surface area contributed by atoms with Crippen LogP contribution >= 0.6 is 39.0 Å². The number of nitrogens with zero attached hydrogens (tertiary/aromatic N) is 2. The van der Waals surface area contributed by atoms with Crippen molar-refractivity contribution in [3.8, 4) is 0 Å². The smallest absolute Gasteiger partial charge is 0.178 e. The SMILES string of the molecule is COCCNCc1ccc(Sc2nncs2)c(Br)c1. The van der Waals surface area contributed by atoms with E-state index >= 15 is 0 Å². The lowest BCUT2D eigenvalue weighted by molar-refractivity contribution is 0.199. The maximum Gasteiger partial charge on any atom is 0.178 e. The van der Waals surface area contributed by atoms with E-state index < -0.39 is 0 Å². The molecule has 102 valence electrons. The van der Waals surface area contributed by atoms with Crippen LogP contribution in [0.15, 0.2) is 37.4 Å². The Balaban J connectivity index is 1.93. The maximum atomic E-state index is 4.99. The van der Waals surface area contributed by atoms with Crippen molar-refractivity contribution < 1.29 is 4.74 Å². The second-order valence-electron chi connectivity index (χ2n) is 3.74. The van der Waals surface area contributed by atoms with Gasteiger partial charge in [-0.15, -0.1) is 10.2 Å². The molecule has 0 spiro atoms. The van der Waals surface area contributed by atoms with Gasteiger partial charge in [-0.2, -0.15) is 0 Å². The summed E-state index contributed by atoms with van der Waals surface area (Å²) in [5, 5.41) is 11.2. The standard InChI is InChI=1S/C12H14BrN3OS2/c1-17-5-4-14-7-9-2-3-11(10(13)6-9)19-12-16-15-8-18-12/h2-3,6,8,14H,4-5,7H2,1H3. The minimum absolute atomic E-state index is 0.728. The van der Waals surface area contributed by atoms with E-state index in [-0.39, 0.29) is 0 Å². The lowest BCUT2D eigenvalue weighted by Crippen LogP contribution is -2.18. The highest BCUT2D eigenvalue weighted by Gasteiger charge is 2.06. The van der Waals surface area contributed by atoms with E-state index in [4.69, 9.17) is 4.74 Å². The van der Waals surface area contributed by atoms with Crippen LogP contribution in [0.1, 0.15) is 5.56 Å². The van der Waals surface area contributed by atoms with Gasteiger partial charge in [-0.1, -0.05) is 29.2 Å². The first kappa shape index (κ1) is 14.9. The van der Waals surface area contributed by atoms with Crippen molar-refractivity contribution in [3.05, 3.63) is 33.7 Å². The highest BCUT2D eigenvalue weighted by molar-refractivity contribution is 9.10. The quantitative estimate of drug-likeness (QED) is 0.769. The molecule has 2 rings (SSSR count). The summed E-state index contributed by atoms with van der Waals surface area (Å²) in [6.07, 6.45) is 0. The van der Waals surface area contributed by atoms with Gasteiger partial charge in [0.25, 0.3) is 0 Å². The van der Waals surface area contributed by atoms with E-state index in [2.05, 4.69) is 49.6 Å². The van der Waals surface area contributed by atoms with Gasteiger partial charge >= 0.3 is 0 Å². The summed E-state index contributed by atoms with van der Waals surface area (Å²) in [4.78, 5) is 1.15. The molecule has 1 aromatic carbocycles. The number of ether oxygens (including phenoxy) is 1. The molecule has 0 aliphatic carbocycles. The normalized spacial score (nSPS) is 10.8. The van der Waals surface area contributed by atoms with E-state index in [9.17, 15) is 0 Å². The Labute approximate surface area is 129 Å². The summed E-state index contributed by atoms with van der Waals surface area (Å²) in [7, 11) is 1.71. The minimum atomic E-state index is 0.728. The highest BCUT2D eigenvalue weighted by Crippen LogP contribution is 2.34. The first-order valence-corrected chi connectivity index (χ1v) is 8.20. The topological polar surface area (TPSA) is 47.0 Å². The van der Waals surface area contributed by atoms with Gasteiger partial charge in [-0.25, -0.2) is 0 Å². The van der Waals surface area contributed by atoms with E-state index in [1.54, 1.807) is 35.7 Å². The number of hydrogen-bond donors (Lipinski definition) is 1. The maximum absolute atomic E-state index is 4.99. The molecule has 0 bridgehead atoms. The van der Waals surface area contributed by atoms with Gasteiger partial charge in [0.1, 0.15) is 5.51 Å². The van der Waals surface area contributed by atoms with Gasteiger partial charge in [0.2, 0.25) is 0 Å². The fraction of sp³-hybridized carbons (Fsp3) is 0.333. The Hall–Kier alpha value is -0.470. The van der Waals surface area contributed by atoms with E-state index in [0.29, 0.717) is 0 Å². The molecule has 0 atom stereocenters. The molecule has 0 aliphatic rings. The molecule has 4 nitrogen and oxygen atoms in total. The molecule has 1 heterocycles. The van der Waals surface area contributed by atoms with Crippen molar-refractivity contribution in [2.24, 2.45) is 0 Å². The Morgan fingerprint density at radius 3 is 3.05 bits per heavy atom. The number of benzene rings is 1. The van der Waals surface area contributed by atoms with Crippen molar-refractivity contribution in [1.82, 2.24) is 15.5 Å². The monoisotopic (exact) mass is 359 g/mol. The summed E-state index contributed by atoms with van der Waals surface area (Å²) in [5.74, 6) is 0. The summed E-state index contributed by atoms with van der Waals surface area (Å²) < 4.78 is 7.03. The number of aromatic nitrogens is 2. The molecule has 0 aliphatic heterocycles. The van der Waals surface area contributed by atoms with E-state index in [0.717, 1.165) is 33.4 Å². The molecule has 0 fully saturated rings. The van der Waals surface area contributed by atoms with Crippen molar-refractivity contribution >= 4 is 39.0 Å². The van der Waals surface area contributed by atoms with Gasteiger partial charge in [-0.05, 0) is 33.6 Å². The molecular formula is C12H14BrN3OS2.